The molecule has 47 heavy (non-hydrogen) atoms. The van der Waals surface area contributed by atoms with Crippen LogP contribution in [0.2, 0.25) is 0 Å². The zero-order valence-electron chi connectivity index (χ0n) is 27.1. The number of hydrogen-bond donors (Lipinski definition) is 6. The predicted molar refractivity (Wildman–Crippen MR) is 175 cm³/mol. The van der Waals surface area contributed by atoms with Crippen LogP contribution in [0.1, 0.15) is 69.4 Å². The fourth-order valence-corrected chi connectivity index (χ4v) is 4.52. The van der Waals surface area contributed by atoms with Gasteiger partial charge in [-0.2, -0.15) is 4.98 Å². The molecule has 4 atom stereocenters. The number of fused-ring (bicyclic) bond motifs is 1. The number of nitrogens with two attached hydrogens (primary N) is 1. The first-order chi connectivity index (χ1) is 22.3. The molecule has 3 aromatic rings. The quantitative estimate of drug-likeness (QED) is 0.116. The highest BCUT2D eigenvalue weighted by atomic mass is 16.2. The molecule has 0 aliphatic rings. The third-order valence-corrected chi connectivity index (χ3v) is 7.38. The fraction of sp³-hybridized carbons (Fsp3) is 0.452. The van der Waals surface area contributed by atoms with E-state index in [0.29, 0.717) is 43.4 Å². The second-order valence-electron chi connectivity index (χ2n) is 11.2. The molecule has 16 nitrogen and oxygen atoms in total. The lowest BCUT2D eigenvalue weighted by atomic mass is 10.1. The lowest BCUT2D eigenvalue weighted by Crippen LogP contribution is -2.54. The molecule has 2 aromatic heterocycles. The van der Waals surface area contributed by atoms with Gasteiger partial charge in [0.2, 0.25) is 23.7 Å². The number of carbonyl (C=O) groups excluding carboxylic acids is 5. The number of aromatic nitrogens is 4. The first-order valence-electron chi connectivity index (χ1n) is 15.3. The van der Waals surface area contributed by atoms with Crippen molar-refractivity contribution < 1.29 is 24.0 Å². The molecule has 16 heteroatoms. The fourth-order valence-electron chi connectivity index (χ4n) is 4.52. The summed E-state index contributed by atoms with van der Waals surface area (Å²) >= 11 is 0. The van der Waals surface area contributed by atoms with Gasteiger partial charge in [0.25, 0.3) is 11.5 Å². The van der Waals surface area contributed by atoms with E-state index < -0.39 is 35.5 Å². The van der Waals surface area contributed by atoms with Gasteiger partial charge >= 0.3 is 0 Å². The van der Waals surface area contributed by atoms with E-state index in [-0.39, 0.29) is 41.4 Å². The van der Waals surface area contributed by atoms with E-state index in [0.717, 1.165) is 5.69 Å². The van der Waals surface area contributed by atoms with Crippen molar-refractivity contribution in [2.75, 3.05) is 17.7 Å². The predicted octanol–water partition coefficient (Wildman–Crippen LogP) is 0.323. The van der Waals surface area contributed by atoms with Crippen molar-refractivity contribution in [1.82, 2.24) is 41.2 Å². The first kappa shape index (κ1) is 36.1. The van der Waals surface area contributed by atoms with E-state index in [1.165, 1.54) is 13.1 Å². The van der Waals surface area contributed by atoms with Gasteiger partial charge < -0.3 is 36.7 Å². The highest BCUT2D eigenvalue weighted by Gasteiger charge is 2.24. The minimum Gasteiger partial charge on any atom is -0.369 e. The molecule has 0 aliphatic carbocycles. The Hall–Kier alpha value is -5.41. The van der Waals surface area contributed by atoms with Crippen LogP contribution in [0.25, 0.3) is 11.2 Å². The molecular formula is C31H42N10O6. The number of nitrogens with zero attached hydrogens (tertiary/aromatic N) is 4. The summed E-state index contributed by atoms with van der Waals surface area (Å²) in [5, 5.41) is 10.6. The Morgan fingerprint density at radius 3 is 2.32 bits per heavy atom. The number of carbonyl (C=O) groups is 5. The van der Waals surface area contributed by atoms with Crippen LogP contribution in [0.4, 0.5) is 11.6 Å². The minimum absolute atomic E-state index is 0.0360. The maximum atomic E-state index is 12.8. The monoisotopic (exact) mass is 650 g/mol. The molecular weight excluding hydrogens is 608 g/mol. The Labute approximate surface area is 271 Å². The van der Waals surface area contributed by atoms with Gasteiger partial charge in [0.15, 0.2) is 11.2 Å². The van der Waals surface area contributed by atoms with Gasteiger partial charge in [-0.25, -0.2) is 9.97 Å². The Bertz CT molecular complexity index is 1640. The Balaban J connectivity index is 1.45. The first-order valence-corrected chi connectivity index (χ1v) is 15.3. The zero-order chi connectivity index (χ0) is 34.7. The van der Waals surface area contributed by atoms with Crippen molar-refractivity contribution in [2.24, 2.45) is 0 Å². The molecule has 0 aliphatic heterocycles. The van der Waals surface area contributed by atoms with Crippen molar-refractivity contribution in [1.29, 1.82) is 0 Å². The number of nitrogen functional groups attached to an aromatic ring is 1. The number of aromatic amines is 1. The third-order valence-electron chi connectivity index (χ3n) is 7.38. The molecule has 1 aromatic carbocycles. The van der Waals surface area contributed by atoms with Gasteiger partial charge in [0.05, 0.1) is 24.5 Å². The van der Waals surface area contributed by atoms with Crippen molar-refractivity contribution in [3.05, 3.63) is 52.1 Å². The van der Waals surface area contributed by atoms with E-state index in [1.54, 1.807) is 45.0 Å². The number of hydrogen-bond acceptors (Lipinski definition) is 11. The second kappa shape index (κ2) is 16.8. The van der Waals surface area contributed by atoms with Gasteiger partial charge in [0, 0.05) is 30.8 Å². The summed E-state index contributed by atoms with van der Waals surface area (Å²) in [5.41, 5.74) is 7.10. The smallest absolute Gasteiger partial charge is 0.280 e. The normalized spacial score (nSPS) is 13.5. The summed E-state index contributed by atoms with van der Waals surface area (Å²) in [6, 6.07) is 4.20. The summed E-state index contributed by atoms with van der Waals surface area (Å²) in [6.07, 6.45) is 3.29. The lowest BCUT2D eigenvalue weighted by Gasteiger charge is -2.22. The van der Waals surface area contributed by atoms with Crippen LogP contribution in [-0.4, -0.2) is 81.1 Å². The standard InChI is InChI=1S/C31H42N10O6/c1-6-20(16-42)37-29(46)23(7-2)38-27(44)18(4)35-24(43)13-8-17(3)34-28(45)19-9-11-22(12-10-19)41(5)15-21-14-33-26-25(36-21)30(47)40-31(32)39-26/h9-12,14,16-18,20,23H,6-8,13,15H2,1-5H3,(H,34,45)(H,35,43)(H,37,46)(H,38,44)(H3,32,33,39,40,47)/t17-,18+,20?,23?/m0/s1. The minimum atomic E-state index is -0.897. The zero-order valence-corrected chi connectivity index (χ0v) is 27.1. The number of aldehydes is 1. The summed E-state index contributed by atoms with van der Waals surface area (Å²) in [5.74, 6) is -1.73. The van der Waals surface area contributed by atoms with E-state index in [9.17, 15) is 28.8 Å². The van der Waals surface area contributed by atoms with Crippen LogP contribution in [0, 0.1) is 0 Å². The van der Waals surface area contributed by atoms with Crippen LogP contribution >= 0.6 is 0 Å². The molecule has 4 amide bonds. The maximum Gasteiger partial charge on any atom is 0.280 e. The SMILES string of the molecule is CCC(C=O)NC(=O)C(CC)NC(=O)[C@@H](C)NC(=O)CC[C@H](C)NC(=O)c1ccc(N(C)Cc2cnc3nc(N)[nH]c(=O)c3n2)cc1. The van der Waals surface area contributed by atoms with Gasteiger partial charge in [-0.3, -0.25) is 29.0 Å². The Morgan fingerprint density at radius 1 is 0.979 bits per heavy atom. The largest absolute Gasteiger partial charge is 0.369 e. The van der Waals surface area contributed by atoms with Crippen LogP contribution in [0.15, 0.2) is 35.3 Å². The summed E-state index contributed by atoms with van der Waals surface area (Å²) < 4.78 is 0. The van der Waals surface area contributed by atoms with E-state index in [1.807, 2.05) is 11.9 Å². The average molecular weight is 651 g/mol. The average Bonchev–Trinajstić information content (AvgIpc) is 3.05. The molecule has 0 spiro atoms. The summed E-state index contributed by atoms with van der Waals surface area (Å²) in [6.45, 7) is 7.11. The molecule has 0 radical (unpaired) electrons. The van der Waals surface area contributed by atoms with Gasteiger partial charge in [-0.1, -0.05) is 13.8 Å². The maximum absolute atomic E-state index is 12.8. The Morgan fingerprint density at radius 2 is 1.68 bits per heavy atom. The van der Waals surface area contributed by atoms with Crippen LogP contribution in [0.3, 0.4) is 0 Å². The van der Waals surface area contributed by atoms with E-state index in [2.05, 4.69) is 41.2 Å². The van der Waals surface area contributed by atoms with Gasteiger partial charge in [-0.05, 0) is 57.4 Å². The second-order valence-corrected chi connectivity index (χ2v) is 11.2. The number of benzene rings is 1. The Kier molecular flexibility index (Phi) is 12.9. The van der Waals surface area contributed by atoms with E-state index in [4.69, 9.17) is 5.73 Å². The van der Waals surface area contributed by atoms with Crippen molar-refractivity contribution in [3.8, 4) is 0 Å². The summed E-state index contributed by atoms with van der Waals surface area (Å²) in [7, 11) is 1.83. The topological polar surface area (TPSA) is 234 Å². The highest BCUT2D eigenvalue weighted by molar-refractivity contribution is 5.95. The van der Waals surface area contributed by atoms with Crippen molar-refractivity contribution >= 4 is 52.7 Å². The molecule has 0 saturated heterocycles. The molecule has 0 bridgehead atoms. The number of amides is 4. The van der Waals surface area contributed by atoms with Crippen molar-refractivity contribution in [3.63, 3.8) is 0 Å². The molecule has 252 valence electrons. The highest BCUT2D eigenvalue weighted by Crippen LogP contribution is 2.17. The van der Waals surface area contributed by atoms with Gasteiger partial charge in [-0.15, -0.1) is 0 Å². The lowest BCUT2D eigenvalue weighted by molar-refractivity contribution is -0.132. The molecule has 0 fully saturated rings. The number of nitrogens with one attached hydrogen (secondary N) is 5. The molecule has 0 saturated carbocycles. The number of H-pyrrole nitrogens is 1. The molecule has 3 rings (SSSR count). The van der Waals surface area contributed by atoms with E-state index >= 15 is 0 Å². The van der Waals surface area contributed by atoms with Crippen LogP contribution in [0.5, 0.6) is 0 Å². The molecule has 7 N–H and O–H groups in total. The molecule has 2 heterocycles. The van der Waals surface area contributed by atoms with Crippen LogP contribution < -0.4 is 37.5 Å². The number of anilines is 2. The van der Waals surface area contributed by atoms with Crippen molar-refractivity contribution in [2.45, 2.75) is 84.1 Å². The number of rotatable bonds is 16. The third kappa shape index (κ3) is 10.3. The molecule has 2 unspecified atom stereocenters. The van der Waals surface area contributed by atoms with Crippen LogP contribution in [-0.2, 0) is 25.7 Å². The summed E-state index contributed by atoms with van der Waals surface area (Å²) in [4.78, 5) is 90.2. The van der Waals surface area contributed by atoms with Gasteiger partial charge in [0.1, 0.15) is 18.4 Å².